The van der Waals surface area contributed by atoms with Gasteiger partial charge in [-0.15, -0.1) is 13.2 Å². The van der Waals surface area contributed by atoms with Crippen LogP contribution in [-0.2, 0) is 6.54 Å². The van der Waals surface area contributed by atoms with Crippen molar-refractivity contribution in [2.45, 2.75) is 19.8 Å². The smallest absolute Gasteiger partial charge is 0.508 e. The van der Waals surface area contributed by atoms with Gasteiger partial charge in [-0.3, -0.25) is 0 Å². The topological polar surface area (TPSA) is 41.5 Å². The summed E-state index contributed by atoms with van der Waals surface area (Å²) in [6.07, 6.45) is -4.72. The fraction of sp³-hybridized carbons (Fsp3) is 0.200. The van der Waals surface area contributed by atoms with E-state index < -0.39 is 6.36 Å². The third-order valence-electron chi connectivity index (χ3n) is 2.88. The van der Waals surface area contributed by atoms with Gasteiger partial charge in [-0.05, 0) is 36.8 Å². The number of hydrogen-bond donors (Lipinski definition) is 2. The van der Waals surface area contributed by atoms with Gasteiger partial charge in [-0.25, -0.2) is 0 Å². The van der Waals surface area contributed by atoms with E-state index in [-0.39, 0.29) is 18.0 Å². The Hall–Kier alpha value is -2.37. The highest BCUT2D eigenvalue weighted by molar-refractivity contribution is 5.51. The lowest BCUT2D eigenvalue weighted by molar-refractivity contribution is -0.274. The summed E-state index contributed by atoms with van der Waals surface area (Å²) in [4.78, 5) is 0. The third-order valence-corrected chi connectivity index (χ3v) is 2.88. The number of halogens is 3. The van der Waals surface area contributed by atoms with Crippen LogP contribution in [0.4, 0.5) is 18.9 Å². The Morgan fingerprint density at radius 2 is 1.86 bits per heavy atom. The molecule has 2 aromatic rings. The minimum atomic E-state index is -4.72. The van der Waals surface area contributed by atoms with Gasteiger partial charge in [0.15, 0.2) is 0 Å². The zero-order valence-corrected chi connectivity index (χ0v) is 11.2. The zero-order chi connectivity index (χ0) is 15.5. The van der Waals surface area contributed by atoms with Gasteiger partial charge in [0.25, 0.3) is 0 Å². The first-order valence-electron chi connectivity index (χ1n) is 6.22. The number of para-hydroxylation sites is 1. The Bertz CT molecular complexity index is 627. The summed E-state index contributed by atoms with van der Waals surface area (Å²) in [5.74, 6) is -0.0608. The monoisotopic (exact) mass is 297 g/mol. The van der Waals surface area contributed by atoms with Crippen LogP contribution >= 0.6 is 0 Å². The fourth-order valence-electron chi connectivity index (χ4n) is 1.84. The summed E-state index contributed by atoms with van der Waals surface area (Å²) in [6.45, 7) is 1.91. The maximum Gasteiger partial charge on any atom is 0.573 e. The van der Waals surface area contributed by atoms with Gasteiger partial charge < -0.3 is 15.2 Å². The quantitative estimate of drug-likeness (QED) is 0.831. The van der Waals surface area contributed by atoms with Crippen LogP contribution in [-0.4, -0.2) is 11.5 Å². The van der Waals surface area contributed by atoms with E-state index in [9.17, 15) is 18.3 Å². The van der Waals surface area contributed by atoms with Crippen molar-refractivity contribution in [1.29, 1.82) is 0 Å². The molecule has 0 aliphatic carbocycles. The molecule has 0 amide bonds. The van der Waals surface area contributed by atoms with Gasteiger partial charge in [0, 0.05) is 17.8 Å². The first-order chi connectivity index (χ1) is 9.85. The second-order valence-electron chi connectivity index (χ2n) is 4.51. The summed E-state index contributed by atoms with van der Waals surface area (Å²) in [7, 11) is 0. The molecule has 0 fully saturated rings. The van der Waals surface area contributed by atoms with Crippen molar-refractivity contribution in [2.75, 3.05) is 5.32 Å². The molecule has 6 heteroatoms. The Kier molecular flexibility index (Phi) is 4.26. The first kappa shape index (κ1) is 15.0. The van der Waals surface area contributed by atoms with Crippen molar-refractivity contribution in [3.63, 3.8) is 0 Å². The largest absolute Gasteiger partial charge is 0.573 e. The molecule has 2 rings (SSSR count). The first-order valence-corrected chi connectivity index (χ1v) is 6.22. The lowest BCUT2D eigenvalue weighted by atomic mass is 10.1. The summed E-state index contributed by atoms with van der Waals surface area (Å²) in [5.41, 5.74) is 1.77. The molecule has 0 saturated heterocycles. The number of phenolic OH excluding ortho intramolecular Hbond substituents is 1. The molecule has 0 aliphatic rings. The van der Waals surface area contributed by atoms with Gasteiger partial charge in [0.1, 0.15) is 11.5 Å². The molecule has 21 heavy (non-hydrogen) atoms. The molecule has 0 bridgehead atoms. The number of rotatable bonds is 4. The van der Waals surface area contributed by atoms with Crippen molar-refractivity contribution in [1.82, 2.24) is 0 Å². The molecule has 112 valence electrons. The van der Waals surface area contributed by atoms with Crippen molar-refractivity contribution in [2.24, 2.45) is 0 Å². The van der Waals surface area contributed by atoms with E-state index >= 15 is 0 Å². The van der Waals surface area contributed by atoms with Gasteiger partial charge in [-0.2, -0.15) is 0 Å². The van der Waals surface area contributed by atoms with Gasteiger partial charge in [0.2, 0.25) is 0 Å². The van der Waals surface area contributed by atoms with E-state index in [0.29, 0.717) is 16.8 Å². The molecule has 0 unspecified atom stereocenters. The fourth-order valence-corrected chi connectivity index (χ4v) is 1.84. The molecule has 0 aliphatic heterocycles. The lowest BCUT2D eigenvalue weighted by Gasteiger charge is -2.14. The van der Waals surface area contributed by atoms with Crippen LogP contribution in [0.3, 0.4) is 0 Å². The van der Waals surface area contributed by atoms with E-state index in [1.54, 1.807) is 31.2 Å². The van der Waals surface area contributed by atoms with Gasteiger partial charge >= 0.3 is 6.36 Å². The molecule has 0 atom stereocenters. The number of phenols is 1. The molecule has 0 heterocycles. The number of nitrogens with one attached hydrogen (secondary N) is 1. The molecule has 0 spiro atoms. The highest BCUT2D eigenvalue weighted by Gasteiger charge is 2.31. The van der Waals surface area contributed by atoms with Crippen LogP contribution in [0.1, 0.15) is 11.1 Å². The van der Waals surface area contributed by atoms with Crippen LogP contribution in [0.15, 0.2) is 42.5 Å². The second kappa shape index (κ2) is 5.95. The molecule has 2 N–H and O–H groups in total. The molecule has 3 nitrogen and oxygen atoms in total. The molecule has 0 aromatic heterocycles. The normalized spacial score (nSPS) is 11.2. The Morgan fingerprint density at radius 3 is 2.52 bits per heavy atom. The predicted octanol–water partition coefficient (Wildman–Crippen LogP) is 4.21. The van der Waals surface area contributed by atoms with E-state index in [4.69, 9.17) is 0 Å². The molecule has 2 aromatic carbocycles. The second-order valence-corrected chi connectivity index (χ2v) is 4.51. The predicted molar refractivity (Wildman–Crippen MR) is 73.3 cm³/mol. The lowest BCUT2D eigenvalue weighted by Crippen LogP contribution is -2.18. The molecular weight excluding hydrogens is 283 g/mol. The van der Waals surface area contributed by atoms with E-state index in [2.05, 4.69) is 10.1 Å². The van der Waals surface area contributed by atoms with Gasteiger partial charge in [-0.1, -0.05) is 18.2 Å². The highest BCUT2D eigenvalue weighted by Crippen LogP contribution is 2.27. The Balaban J connectivity index is 2.11. The number of ether oxygens (including phenoxy) is 1. The third kappa shape index (κ3) is 4.30. The van der Waals surface area contributed by atoms with Crippen LogP contribution in [0.2, 0.25) is 0 Å². The van der Waals surface area contributed by atoms with E-state index in [1.807, 2.05) is 0 Å². The number of benzene rings is 2. The number of aromatic hydroxyl groups is 1. The van der Waals surface area contributed by atoms with E-state index in [1.165, 1.54) is 18.2 Å². The van der Waals surface area contributed by atoms with Crippen LogP contribution in [0, 0.1) is 6.92 Å². The molecular formula is C15H14F3NO2. The summed E-state index contributed by atoms with van der Waals surface area (Å²) in [6, 6.07) is 10.8. The van der Waals surface area contributed by atoms with Crippen molar-refractivity contribution < 1.29 is 23.0 Å². The SMILES string of the molecule is Cc1cc(NCc2ccccc2OC(F)(F)F)ccc1O. The van der Waals surface area contributed by atoms with Crippen LogP contribution in [0.25, 0.3) is 0 Å². The number of hydrogen-bond acceptors (Lipinski definition) is 3. The highest BCUT2D eigenvalue weighted by atomic mass is 19.4. The summed E-state index contributed by atoms with van der Waals surface area (Å²) < 4.78 is 40.9. The molecule has 0 saturated carbocycles. The average molecular weight is 297 g/mol. The maximum absolute atomic E-state index is 12.3. The number of alkyl halides is 3. The van der Waals surface area contributed by atoms with Crippen molar-refractivity contribution >= 4 is 5.69 Å². The minimum absolute atomic E-state index is 0.168. The summed E-state index contributed by atoms with van der Waals surface area (Å²) in [5, 5.41) is 12.4. The van der Waals surface area contributed by atoms with Crippen LogP contribution in [0.5, 0.6) is 11.5 Å². The van der Waals surface area contributed by atoms with E-state index in [0.717, 1.165) is 0 Å². The standard InChI is InChI=1S/C15H14F3NO2/c1-10-8-12(6-7-13(10)20)19-9-11-4-2-3-5-14(11)21-15(16,17)18/h2-8,19-20H,9H2,1H3. The van der Waals surface area contributed by atoms with Gasteiger partial charge in [0.05, 0.1) is 0 Å². The molecule has 0 radical (unpaired) electrons. The van der Waals surface area contributed by atoms with Crippen molar-refractivity contribution in [3.8, 4) is 11.5 Å². The summed E-state index contributed by atoms with van der Waals surface area (Å²) >= 11 is 0. The minimum Gasteiger partial charge on any atom is -0.508 e. The Labute approximate surface area is 120 Å². The number of anilines is 1. The maximum atomic E-state index is 12.3. The average Bonchev–Trinajstić information content (AvgIpc) is 2.40. The zero-order valence-electron chi connectivity index (χ0n) is 11.2. The Morgan fingerprint density at radius 1 is 1.14 bits per heavy atom. The van der Waals surface area contributed by atoms with Crippen LogP contribution < -0.4 is 10.1 Å². The number of aryl methyl sites for hydroxylation is 1. The van der Waals surface area contributed by atoms with Crippen molar-refractivity contribution in [3.05, 3.63) is 53.6 Å².